The topological polar surface area (TPSA) is 49.4 Å². The quantitative estimate of drug-likeness (QED) is 0.485. The normalized spacial score (nSPS) is 11.8. The molecule has 0 fully saturated rings. The molecule has 4 nitrogen and oxygen atoms in total. The Morgan fingerprint density at radius 1 is 0.875 bits per heavy atom. The number of carbonyl (C=O) groups excluding carboxylic acids is 2. The van der Waals surface area contributed by atoms with Gasteiger partial charge in [0, 0.05) is 36.3 Å². The highest BCUT2D eigenvalue weighted by atomic mass is 19.1. The zero-order valence-corrected chi connectivity index (χ0v) is 19.5. The van der Waals surface area contributed by atoms with Crippen LogP contribution in [0.5, 0.6) is 0 Å². The Kier molecular flexibility index (Phi) is 9.82. The van der Waals surface area contributed by atoms with E-state index in [1.165, 1.54) is 12.1 Å². The second-order valence-electron chi connectivity index (χ2n) is 8.32. The third-order valence-corrected chi connectivity index (χ3v) is 5.24. The summed E-state index contributed by atoms with van der Waals surface area (Å²) in [6.45, 7) is 9.25. The third-order valence-electron chi connectivity index (χ3n) is 5.24. The standard InChI is InChI=1S/C26H34F2N2O2/c1-5-8-24(15-19-13-22(27)17-23(28)14-19)29-25(31)20-11-18(4)12-21(16-20)26(32)30(9-6-2)10-7-3/h11-14,16-17,24H,5-10,15H2,1-4H3,(H,29,31)/t24-/m1/s1. The Bertz CT molecular complexity index is 904. The summed E-state index contributed by atoms with van der Waals surface area (Å²) in [7, 11) is 0. The summed E-state index contributed by atoms with van der Waals surface area (Å²) in [4.78, 5) is 27.8. The number of amides is 2. The third kappa shape index (κ3) is 7.43. The molecule has 174 valence electrons. The fraction of sp³-hybridized carbons (Fsp3) is 0.462. The molecule has 6 heteroatoms. The number of rotatable bonds is 11. The molecule has 2 amide bonds. The van der Waals surface area contributed by atoms with Gasteiger partial charge in [0.2, 0.25) is 0 Å². The number of halogens is 2. The lowest BCUT2D eigenvalue weighted by atomic mass is 10.00. The van der Waals surface area contributed by atoms with Gasteiger partial charge in [0.05, 0.1) is 0 Å². The van der Waals surface area contributed by atoms with Crippen LogP contribution in [0.25, 0.3) is 0 Å². The van der Waals surface area contributed by atoms with Crippen LogP contribution in [0.2, 0.25) is 0 Å². The molecule has 0 aromatic heterocycles. The van der Waals surface area contributed by atoms with Crippen molar-refractivity contribution < 1.29 is 18.4 Å². The lowest BCUT2D eigenvalue weighted by Gasteiger charge is -2.22. The van der Waals surface area contributed by atoms with Crippen molar-refractivity contribution >= 4 is 11.8 Å². The summed E-state index contributed by atoms with van der Waals surface area (Å²) >= 11 is 0. The molecule has 1 N–H and O–H groups in total. The molecule has 0 spiro atoms. The van der Waals surface area contributed by atoms with Crippen molar-refractivity contribution in [3.63, 3.8) is 0 Å². The first kappa shape index (κ1) is 25.5. The molecule has 0 saturated carbocycles. The van der Waals surface area contributed by atoms with Gasteiger partial charge in [-0.3, -0.25) is 9.59 Å². The van der Waals surface area contributed by atoms with Gasteiger partial charge in [0.15, 0.2) is 0 Å². The van der Waals surface area contributed by atoms with E-state index in [1.54, 1.807) is 18.2 Å². The number of carbonyl (C=O) groups is 2. The monoisotopic (exact) mass is 444 g/mol. The van der Waals surface area contributed by atoms with Crippen LogP contribution in [0.3, 0.4) is 0 Å². The van der Waals surface area contributed by atoms with Crippen molar-refractivity contribution in [1.29, 1.82) is 0 Å². The molecule has 0 saturated heterocycles. The van der Waals surface area contributed by atoms with Crippen LogP contribution < -0.4 is 5.32 Å². The number of aryl methyl sites for hydroxylation is 1. The molecule has 0 unspecified atom stereocenters. The summed E-state index contributed by atoms with van der Waals surface area (Å²) < 4.78 is 27.1. The summed E-state index contributed by atoms with van der Waals surface area (Å²) in [5, 5.41) is 2.99. The maximum absolute atomic E-state index is 13.6. The zero-order chi connectivity index (χ0) is 23.7. The van der Waals surface area contributed by atoms with E-state index in [0.29, 0.717) is 42.6 Å². The smallest absolute Gasteiger partial charge is 0.253 e. The summed E-state index contributed by atoms with van der Waals surface area (Å²) in [6, 6.07) is 8.33. The van der Waals surface area contributed by atoms with E-state index < -0.39 is 11.6 Å². The predicted molar refractivity (Wildman–Crippen MR) is 124 cm³/mol. The van der Waals surface area contributed by atoms with Crippen molar-refractivity contribution in [3.8, 4) is 0 Å². The van der Waals surface area contributed by atoms with Crippen LogP contribution in [-0.4, -0.2) is 35.8 Å². The molecule has 0 aliphatic heterocycles. The van der Waals surface area contributed by atoms with Gasteiger partial charge in [-0.2, -0.15) is 0 Å². The van der Waals surface area contributed by atoms with Crippen molar-refractivity contribution in [3.05, 3.63) is 70.3 Å². The molecule has 1 atom stereocenters. The van der Waals surface area contributed by atoms with Gasteiger partial charge in [-0.25, -0.2) is 8.78 Å². The molecular weight excluding hydrogens is 410 g/mol. The number of benzene rings is 2. The number of hydrogen-bond donors (Lipinski definition) is 1. The molecular formula is C26H34F2N2O2. The summed E-state index contributed by atoms with van der Waals surface area (Å²) in [6.07, 6.45) is 3.53. The first-order valence-electron chi connectivity index (χ1n) is 11.4. The highest BCUT2D eigenvalue weighted by molar-refractivity contribution is 6.00. The van der Waals surface area contributed by atoms with E-state index in [-0.39, 0.29) is 17.9 Å². The van der Waals surface area contributed by atoms with Crippen LogP contribution in [0.1, 0.15) is 78.3 Å². The Hall–Kier alpha value is -2.76. The van der Waals surface area contributed by atoms with Crippen molar-refractivity contribution in [2.75, 3.05) is 13.1 Å². The first-order valence-corrected chi connectivity index (χ1v) is 11.4. The van der Waals surface area contributed by atoms with E-state index >= 15 is 0 Å². The Morgan fingerprint density at radius 3 is 2.03 bits per heavy atom. The Balaban J connectivity index is 2.22. The highest BCUT2D eigenvalue weighted by Crippen LogP contribution is 2.16. The van der Waals surface area contributed by atoms with Crippen molar-refractivity contribution in [2.24, 2.45) is 0 Å². The number of nitrogens with one attached hydrogen (secondary N) is 1. The second kappa shape index (κ2) is 12.3. The SMILES string of the molecule is CCC[C@H](Cc1cc(F)cc(F)c1)NC(=O)c1cc(C)cc(C(=O)N(CCC)CCC)c1. The molecule has 0 aliphatic rings. The van der Waals surface area contributed by atoms with Gasteiger partial charge in [-0.15, -0.1) is 0 Å². The van der Waals surface area contributed by atoms with Crippen molar-refractivity contribution in [1.82, 2.24) is 10.2 Å². The van der Waals surface area contributed by atoms with E-state index in [9.17, 15) is 18.4 Å². The van der Waals surface area contributed by atoms with Crippen LogP contribution in [0, 0.1) is 18.6 Å². The lowest BCUT2D eigenvalue weighted by molar-refractivity contribution is 0.0755. The first-order chi connectivity index (χ1) is 15.3. The van der Waals surface area contributed by atoms with Gasteiger partial charge in [0.1, 0.15) is 11.6 Å². The molecule has 2 aromatic rings. The van der Waals surface area contributed by atoms with E-state index in [2.05, 4.69) is 5.32 Å². The van der Waals surface area contributed by atoms with Gasteiger partial charge < -0.3 is 10.2 Å². The van der Waals surface area contributed by atoms with E-state index in [1.807, 2.05) is 32.6 Å². The summed E-state index contributed by atoms with van der Waals surface area (Å²) in [5.74, 6) is -1.64. The molecule has 0 heterocycles. The Morgan fingerprint density at radius 2 is 1.47 bits per heavy atom. The van der Waals surface area contributed by atoms with Gasteiger partial charge in [-0.1, -0.05) is 27.2 Å². The molecule has 2 aromatic carbocycles. The Labute approximate surface area is 190 Å². The fourth-order valence-corrected chi connectivity index (χ4v) is 3.93. The van der Waals surface area contributed by atoms with Gasteiger partial charge >= 0.3 is 0 Å². The average Bonchev–Trinajstić information content (AvgIpc) is 2.72. The van der Waals surface area contributed by atoms with Crippen LogP contribution in [0.4, 0.5) is 8.78 Å². The second-order valence-corrected chi connectivity index (χ2v) is 8.32. The highest BCUT2D eigenvalue weighted by Gasteiger charge is 2.19. The van der Waals surface area contributed by atoms with Gasteiger partial charge in [-0.05, 0) is 74.1 Å². The van der Waals surface area contributed by atoms with Gasteiger partial charge in [0.25, 0.3) is 11.8 Å². The van der Waals surface area contributed by atoms with Crippen molar-refractivity contribution in [2.45, 2.75) is 65.8 Å². The maximum atomic E-state index is 13.6. The minimum Gasteiger partial charge on any atom is -0.349 e. The van der Waals surface area contributed by atoms with Crippen LogP contribution in [-0.2, 0) is 6.42 Å². The predicted octanol–water partition coefficient (Wildman–Crippen LogP) is 5.68. The lowest BCUT2D eigenvalue weighted by Crippen LogP contribution is -2.37. The largest absolute Gasteiger partial charge is 0.349 e. The minimum atomic E-state index is -0.632. The molecule has 0 aliphatic carbocycles. The zero-order valence-electron chi connectivity index (χ0n) is 19.5. The molecule has 2 rings (SSSR count). The van der Waals surface area contributed by atoms with Crippen LogP contribution in [0.15, 0.2) is 36.4 Å². The molecule has 32 heavy (non-hydrogen) atoms. The van der Waals surface area contributed by atoms with E-state index in [0.717, 1.165) is 30.9 Å². The molecule has 0 radical (unpaired) electrons. The number of hydrogen-bond acceptors (Lipinski definition) is 2. The maximum Gasteiger partial charge on any atom is 0.253 e. The molecule has 0 bridgehead atoms. The van der Waals surface area contributed by atoms with E-state index in [4.69, 9.17) is 0 Å². The van der Waals surface area contributed by atoms with Crippen LogP contribution >= 0.6 is 0 Å². The summed E-state index contributed by atoms with van der Waals surface area (Å²) in [5.41, 5.74) is 2.23. The average molecular weight is 445 g/mol. The fourth-order valence-electron chi connectivity index (χ4n) is 3.93. The minimum absolute atomic E-state index is 0.0770. The number of nitrogens with zero attached hydrogens (tertiary/aromatic N) is 1.